The van der Waals surface area contributed by atoms with Gasteiger partial charge < -0.3 is 23.5 Å². The monoisotopic (exact) mass is 800 g/mol. The zero-order valence-corrected chi connectivity index (χ0v) is 37.4. The third-order valence-corrected chi connectivity index (χ3v) is 19.5. The first-order chi connectivity index (χ1) is 25.1. The first-order valence-corrected chi connectivity index (χ1v) is 26.2. The summed E-state index contributed by atoms with van der Waals surface area (Å²) in [6, 6.07) is 11.4. The molecule has 292 valence electrons. The molecule has 0 aliphatic rings. The van der Waals surface area contributed by atoms with Crippen molar-refractivity contribution < 1.29 is 23.4 Å². The first kappa shape index (κ1) is 42.9. The molecule has 11 nitrogen and oxygen atoms in total. The van der Waals surface area contributed by atoms with Crippen LogP contribution in [-0.4, -0.2) is 82.2 Å². The maximum absolute atomic E-state index is 12.4. The fraction of sp³-hybridized carbons (Fsp3) is 0.605. The van der Waals surface area contributed by atoms with Crippen molar-refractivity contribution >= 4 is 72.0 Å². The summed E-state index contributed by atoms with van der Waals surface area (Å²) < 4.78 is 27.2. The average Bonchev–Trinajstić information content (AvgIpc) is 3.72. The van der Waals surface area contributed by atoms with E-state index in [2.05, 4.69) is 93.1 Å². The third kappa shape index (κ3) is 10.9. The normalized spacial score (nSPS) is 13.5. The Labute approximate surface area is 325 Å². The Bertz CT molecular complexity index is 1830. The molecule has 3 aromatic heterocycles. The van der Waals surface area contributed by atoms with Crippen LogP contribution in [0.1, 0.15) is 70.4 Å². The molecule has 0 saturated heterocycles. The lowest BCUT2D eigenvalue weighted by atomic mass is 10.2. The van der Waals surface area contributed by atoms with Crippen molar-refractivity contribution in [1.82, 2.24) is 19.7 Å². The minimum atomic E-state index is -2.12. The quantitative estimate of drug-likeness (QED) is 0.0490. The number of hydrogen-bond acceptors (Lipinski definition) is 12. The molecule has 0 aliphatic heterocycles. The van der Waals surface area contributed by atoms with Crippen LogP contribution in [0.15, 0.2) is 40.7 Å². The third-order valence-electron chi connectivity index (χ3n) is 9.68. The SMILES string of the molecule is COCC(CCCN(c1cc(C)c(/N=c2\sc3ccccc3n2COCC[Si](C)(C)C)nn1)c1nc(C(=O)OC)cs1)O[Si](C(C)C)(C(C)C)C(C)C. The number of para-hydroxylation sites is 1. The molecule has 0 radical (unpaired) electrons. The van der Waals surface area contributed by atoms with Crippen LogP contribution in [0.25, 0.3) is 10.2 Å². The van der Waals surface area contributed by atoms with E-state index in [-0.39, 0.29) is 11.8 Å². The van der Waals surface area contributed by atoms with Crippen molar-refractivity contribution in [3.63, 3.8) is 0 Å². The Morgan fingerprint density at radius 1 is 1.02 bits per heavy atom. The fourth-order valence-electron chi connectivity index (χ4n) is 6.99. The Morgan fingerprint density at radius 3 is 2.34 bits per heavy atom. The molecule has 4 rings (SSSR count). The number of ether oxygens (including phenoxy) is 3. The second kappa shape index (κ2) is 19.2. The number of thiazole rings is 2. The van der Waals surface area contributed by atoms with Crippen molar-refractivity contribution in [1.29, 1.82) is 0 Å². The van der Waals surface area contributed by atoms with Crippen molar-refractivity contribution in [2.45, 2.75) is 116 Å². The Balaban J connectivity index is 1.64. The zero-order valence-electron chi connectivity index (χ0n) is 33.8. The number of methoxy groups -OCH3 is 2. The topological polar surface area (TPSA) is 113 Å². The first-order valence-electron chi connectivity index (χ1n) is 18.6. The summed E-state index contributed by atoms with van der Waals surface area (Å²) in [5.74, 6) is 0.692. The smallest absolute Gasteiger partial charge is 0.357 e. The molecule has 15 heteroatoms. The van der Waals surface area contributed by atoms with Gasteiger partial charge in [-0.15, -0.1) is 21.5 Å². The number of nitrogens with zero attached hydrogens (tertiary/aromatic N) is 6. The van der Waals surface area contributed by atoms with Gasteiger partial charge in [-0.2, -0.15) is 4.99 Å². The fourth-order valence-corrected chi connectivity index (χ4v) is 15.2. The van der Waals surface area contributed by atoms with Gasteiger partial charge in [0.05, 0.1) is 30.0 Å². The van der Waals surface area contributed by atoms with Gasteiger partial charge in [-0.05, 0) is 66.2 Å². The van der Waals surface area contributed by atoms with Crippen LogP contribution in [0.3, 0.4) is 0 Å². The van der Waals surface area contributed by atoms with E-state index < -0.39 is 22.4 Å². The number of aromatic nitrogens is 4. The van der Waals surface area contributed by atoms with Crippen LogP contribution >= 0.6 is 22.7 Å². The lowest BCUT2D eigenvalue weighted by molar-refractivity contribution is 0.0595. The highest BCUT2D eigenvalue weighted by Gasteiger charge is 2.46. The summed E-state index contributed by atoms with van der Waals surface area (Å²) in [5, 5.41) is 11.7. The largest absolute Gasteiger partial charge is 0.464 e. The van der Waals surface area contributed by atoms with Gasteiger partial charge in [0, 0.05) is 33.7 Å². The van der Waals surface area contributed by atoms with Crippen LogP contribution in [0.2, 0.25) is 42.3 Å². The molecule has 1 unspecified atom stereocenters. The summed E-state index contributed by atoms with van der Waals surface area (Å²) in [6.07, 6.45) is 1.54. The second-order valence-electron chi connectivity index (χ2n) is 15.8. The lowest BCUT2D eigenvalue weighted by Crippen LogP contribution is -2.51. The number of fused-ring (bicyclic) bond motifs is 1. The number of anilines is 2. The van der Waals surface area contributed by atoms with E-state index in [1.165, 1.54) is 18.4 Å². The number of rotatable bonds is 20. The van der Waals surface area contributed by atoms with Gasteiger partial charge in [0.25, 0.3) is 0 Å². The summed E-state index contributed by atoms with van der Waals surface area (Å²) in [6.45, 7) is 25.2. The molecule has 0 saturated carbocycles. The molecule has 0 fully saturated rings. The summed E-state index contributed by atoms with van der Waals surface area (Å²) >= 11 is 2.98. The molecule has 0 N–H and O–H groups in total. The molecular weight excluding hydrogens is 741 g/mol. The molecule has 3 heterocycles. The average molecular weight is 801 g/mol. The highest BCUT2D eigenvalue weighted by Crippen LogP contribution is 2.43. The van der Waals surface area contributed by atoms with Crippen molar-refractivity contribution in [2.75, 3.05) is 38.9 Å². The predicted octanol–water partition coefficient (Wildman–Crippen LogP) is 9.71. The van der Waals surface area contributed by atoms with Crippen LogP contribution in [0.5, 0.6) is 0 Å². The van der Waals surface area contributed by atoms with Crippen LogP contribution in [0, 0.1) is 6.92 Å². The van der Waals surface area contributed by atoms with Gasteiger partial charge in [-0.3, -0.25) is 4.57 Å². The molecule has 53 heavy (non-hydrogen) atoms. The molecule has 4 aromatic rings. The van der Waals surface area contributed by atoms with Crippen LogP contribution in [-0.2, 0) is 25.4 Å². The molecular formula is C38H60N6O5S2Si2. The maximum Gasteiger partial charge on any atom is 0.357 e. The highest BCUT2D eigenvalue weighted by molar-refractivity contribution is 7.16. The Kier molecular flexibility index (Phi) is 15.5. The summed E-state index contributed by atoms with van der Waals surface area (Å²) in [4.78, 5) is 24.9. The van der Waals surface area contributed by atoms with Gasteiger partial charge in [-0.1, -0.05) is 84.7 Å². The summed E-state index contributed by atoms with van der Waals surface area (Å²) in [5.41, 5.74) is 3.62. The minimum absolute atomic E-state index is 0.0378. The Morgan fingerprint density at radius 2 is 1.72 bits per heavy atom. The number of carbonyl (C=O) groups excluding carboxylic acids is 1. The lowest BCUT2D eigenvalue weighted by Gasteiger charge is -2.44. The van der Waals surface area contributed by atoms with E-state index in [0.29, 0.717) is 53.3 Å². The van der Waals surface area contributed by atoms with Gasteiger partial charge in [0.2, 0.25) is 8.32 Å². The molecule has 1 atom stereocenters. The van der Waals surface area contributed by atoms with E-state index >= 15 is 0 Å². The van der Waals surface area contributed by atoms with Gasteiger partial charge >= 0.3 is 5.97 Å². The number of benzene rings is 1. The minimum Gasteiger partial charge on any atom is -0.464 e. The number of aryl methyl sites for hydroxylation is 1. The van der Waals surface area contributed by atoms with Crippen LogP contribution < -0.4 is 9.70 Å². The van der Waals surface area contributed by atoms with Crippen molar-refractivity contribution in [3.8, 4) is 0 Å². The Hall–Kier alpha value is -2.80. The van der Waals surface area contributed by atoms with Gasteiger partial charge in [0.1, 0.15) is 6.73 Å². The molecule has 0 amide bonds. The highest BCUT2D eigenvalue weighted by atomic mass is 32.1. The molecule has 0 aliphatic carbocycles. The zero-order chi connectivity index (χ0) is 38.9. The van der Waals surface area contributed by atoms with E-state index in [1.807, 2.05) is 30.0 Å². The van der Waals surface area contributed by atoms with Crippen molar-refractivity contribution in [2.24, 2.45) is 4.99 Å². The number of carbonyl (C=O) groups is 1. The number of hydrogen-bond donors (Lipinski definition) is 0. The van der Waals surface area contributed by atoms with Gasteiger partial charge in [0.15, 0.2) is 27.3 Å². The standard InChI is InChI=1S/C38H60N6O5S2Si2/c1-26(2)53(27(3)4,28(5)6)49-30(23-46-8)16-15-19-43(37-39-31(24-50-37)36(45)47-9)34-22-29(7)35(42-41-34)40-38-44(25-48-20-21-52(10,11)12)32-17-13-14-18-33(32)51-38/h13-14,17-18,22,24,26-28,30H,15-16,19-21,23,25H2,1-12H3/b40-38-. The maximum atomic E-state index is 12.4. The van der Waals surface area contributed by atoms with E-state index in [9.17, 15) is 4.79 Å². The molecule has 1 aromatic carbocycles. The van der Waals surface area contributed by atoms with Gasteiger partial charge in [-0.25, -0.2) is 9.78 Å². The van der Waals surface area contributed by atoms with E-state index in [0.717, 1.165) is 46.1 Å². The predicted molar refractivity (Wildman–Crippen MR) is 223 cm³/mol. The van der Waals surface area contributed by atoms with E-state index in [1.54, 1.807) is 23.8 Å². The number of esters is 1. The van der Waals surface area contributed by atoms with E-state index in [4.69, 9.17) is 23.6 Å². The van der Waals surface area contributed by atoms with Crippen molar-refractivity contribution in [3.05, 3.63) is 51.8 Å². The summed E-state index contributed by atoms with van der Waals surface area (Å²) in [7, 11) is -0.236. The second-order valence-corrected chi connectivity index (χ2v) is 28.6. The molecule has 0 bridgehead atoms. The molecule has 0 spiro atoms. The van der Waals surface area contributed by atoms with Crippen LogP contribution in [0.4, 0.5) is 16.8 Å².